The Hall–Kier alpha value is -0.610. The molecule has 2 fully saturated rings. The van der Waals surface area contributed by atoms with Crippen molar-refractivity contribution < 1.29 is 19.4 Å². The van der Waals surface area contributed by atoms with E-state index >= 15 is 0 Å². The molecule has 0 aromatic heterocycles. The average molecular weight is 172 g/mol. The molecule has 2 saturated heterocycles. The minimum absolute atomic E-state index is 0.114. The average Bonchev–Trinajstić information content (AvgIpc) is 2.52. The number of hydrogen-bond donors (Lipinski definition) is 1. The first-order valence-electron chi connectivity index (χ1n) is 4.25. The van der Waals surface area contributed by atoms with Crippen LogP contribution in [-0.4, -0.2) is 29.6 Å². The van der Waals surface area contributed by atoms with Crippen molar-refractivity contribution in [3.63, 3.8) is 0 Å². The Morgan fingerprint density at radius 2 is 2.42 bits per heavy atom. The normalized spacial score (nSPS) is 46.0. The van der Waals surface area contributed by atoms with Gasteiger partial charge in [-0.2, -0.15) is 0 Å². The molecule has 4 atom stereocenters. The molecule has 2 aliphatic rings. The zero-order chi connectivity index (χ0) is 8.72. The molecule has 4 heteroatoms. The van der Waals surface area contributed by atoms with Crippen LogP contribution in [0.3, 0.4) is 0 Å². The predicted octanol–water partition coefficient (Wildman–Crippen LogP) is 0.0453. The fourth-order valence-corrected chi connectivity index (χ4v) is 1.90. The molecule has 0 aromatic rings. The van der Waals surface area contributed by atoms with Crippen molar-refractivity contribution in [3.8, 4) is 0 Å². The lowest BCUT2D eigenvalue weighted by Crippen LogP contribution is -2.24. The van der Waals surface area contributed by atoms with Gasteiger partial charge in [-0.15, -0.1) is 0 Å². The molecule has 68 valence electrons. The van der Waals surface area contributed by atoms with Crippen molar-refractivity contribution in [2.24, 2.45) is 5.92 Å². The Balaban J connectivity index is 2.13. The summed E-state index contributed by atoms with van der Waals surface area (Å²) < 4.78 is 10.2. The largest absolute Gasteiger partial charge is 0.459 e. The van der Waals surface area contributed by atoms with E-state index in [0.717, 1.165) is 6.42 Å². The molecule has 0 spiro atoms. The van der Waals surface area contributed by atoms with E-state index in [-0.39, 0.29) is 24.1 Å². The molecule has 2 heterocycles. The second-order valence-corrected chi connectivity index (χ2v) is 3.30. The second kappa shape index (κ2) is 2.71. The van der Waals surface area contributed by atoms with Crippen LogP contribution in [0.5, 0.6) is 0 Å². The maximum Gasteiger partial charge on any atom is 0.306 e. The number of aliphatic hydroxyl groups is 1. The van der Waals surface area contributed by atoms with Crippen LogP contribution in [-0.2, 0) is 14.3 Å². The molecule has 0 unspecified atom stereocenters. The maximum atomic E-state index is 10.9. The van der Waals surface area contributed by atoms with Gasteiger partial charge >= 0.3 is 5.97 Å². The molecule has 0 saturated carbocycles. The van der Waals surface area contributed by atoms with Crippen LogP contribution in [0.25, 0.3) is 0 Å². The van der Waals surface area contributed by atoms with Crippen molar-refractivity contribution in [1.82, 2.24) is 0 Å². The van der Waals surface area contributed by atoms with E-state index in [1.165, 1.54) is 0 Å². The zero-order valence-corrected chi connectivity index (χ0v) is 6.90. The van der Waals surface area contributed by atoms with Crippen molar-refractivity contribution >= 4 is 5.97 Å². The summed E-state index contributed by atoms with van der Waals surface area (Å²) in [5.41, 5.74) is 0. The van der Waals surface area contributed by atoms with Gasteiger partial charge in [0, 0.05) is 0 Å². The lowest BCUT2D eigenvalue weighted by molar-refractivity contribution is -0.151. The van der Waals surface area contributed by atoms with Crippen LogP contribution in [0.1, 0.15) is 19.8 Å². The molecule has 2 rings (SSSR count). The summed E-state index contributed by atoms with van der Waals surface area (Å²) in [6, 6.07) is 0. The third-order valence-corrected chi connectivity index (χ3v) is 2.54. The van der Waals surface area contributed by atoms with E-state index in [2.05, 4.69) is 0 Å². The van der Waals surface area contributed by atoms with Crippen molar-refractivity contribution in [2.45, 2.75) is 38.3 Å². The minimum Gasteiger partial charge on any atom is -0.459 e. The molecular formula is C8H12O4. The van der Waals surface area contributed by atoms with Crippen LogP contribution in [0, 0.1) is 5.92 Å². The molecule has 1 N–H and O–H groups in total. The summed E-state index contributed by atoms with van der Waals surface area (Å²) in [7, 11) is 0. The highest BCUT2D eigenvalue weighted by molar-refractivity contribution is 5.72. The standard InChI is InChI=1S/C8H12O4/c1-2-5-7-4(8(10)11-5)3-6(9)12-7/h4-5,7-8,10H,2-3H2,1H3/t4-,5+,7+,8-/m0/s1. The van der Waals surface area contributed by atoms with Crippen molar-refractivity contribution in [2.75, 3.05) is 0 Å². The van der Waals surface area contributed by atoms with E-state index in [4.69, 9.17) is 9.47 Å². The Morgan fingerprint density at radius 3 is 3.08 bits per heavy atom. The fraction of sp³-hybridized carbons (Fsp3) is 0.875. The van der Waals surface area contributed by atoms with Gasteiger partial charge in [-0.05, 0) is 6.42 Å². The number of ether oxygens (including phenoxy) is 2. The molecule has 4 nitrogen and oxygen atoms in total. The van der Waals surface area contributed by atoms with Gasteiger partial charge in [0.05, 0.1) is 18.4 Å². The number of carbonyl (C=O) groups excluding carboxylic acids is 1. The van der Waals surface area contributed by atoms with Gasteiger partial charge in [-0.1, -0.05) is 6.92 Å². The number of aliphatic hydroxyl groups excluding tert-OH is 1. The molecule has 0 bridgehead atoms. The molecule has 0 aliphatic carbocycles. The van der Waals surface area contributed by atoms with E-state index in [0.29, 0.717) is 6.42 Å². The first-order valence-corrected chi connectivity index (χ1v) is 4.25. The van der Waals surface area contributed by atoms with E-state index in [9.17, 15) is 9.90 Å². The number of hydrogen-bond acceptors (Lipinski definition) is 4. The fourth-order valence-electron chi connectivity index (χ4n) is 1.90. The van der Waals surface area contributed by atoms with Gasteiger partial charge in [-0.25, -0.2) is 0 Å². The van der Waals surface area contributed by atoms with Crippen LogP contribution in [0.2, 0.25) is 0 Å². The second-order valence-electron chi connectivity index (χ2n) is 3.30. The Labute approximate surface area is 70.5 Å². The van der Waals surface area contributed by atoms with Gasteiger partial charge in [0.25, 0.3) is 0 Å². The molecule has 0 amide bonds. The summed E-state index contributed by atoms with van der Waals surface area (Å²) >= 11 is 0. The van der Waals surface area contributed by atoms with Crippen LogP contribution >= 0.6 is 0 Å². The molecule has 0 radical (unpaired) electrons. The highest BCUT2D eigenvalue weighted by Crippen LogP contribution is 2.37. The number of fused-ring (bicyclic) bond motifs is 1. The summed E-state index contributed by atoms with van der Waals surface area (Å²) in [4.78, 5) is 10.9. The molecule has 0 aromatic carbocycles. The zero-order valence-electron chi connectivity index (χ0n) is 6.90. The topological polar surface area (TPSA) is 55.8 Å². The third kappa shape index (κ3) is 1.03. The first kappa shape index (κ1) is 8.01. The van der Waals surface area contributed by atoms with Gasteiger partial charge in [-0.3, -0.25) is 4.79 Å². The highest BCUT2D eigenvalue weighted by Gasteiger charge is 2.50. The third-order valence-electron chi connectivity index (χ3n) is 2.54. The van der Waals surface area contributed by atoms with Gasteiger partial charge < -0.3 is 14.6 Å². The summed E-state index contributed by atoms with van der Waals surface area (Å²) in [5, 5.41) is 9.36. The summed E-state index contributed by atoms with van der Waals surface area (Å²) in [6.45, 7) is 1.95. The quantitative estimate of drug-likeness (QED) is 0.567. The maximum absolute atomic E-state index is 10.9. The van der Waals surface area contributed by atoms with Crippen LogP contribution < -0.4 is 0 Å². The van der Waals surface area contributed by atoms with Crippen molar-refractivity contribution in [1.29, 1.82) is 0 Å². The van der Waals surface area contributed by atoms with Crippen LogP contribution in [0.4, 0.5) is 0 Å². The number of esters is 1. The molecule has 2 aliphatic heterocycles. The van der Waals surface area contributed by atoms with Crippen molar-refractivity contribution in [3.05, 3.63) is 0 Å². The summed E-state index contributed by atoms with van der Waals surface area (Å²) in [6.07, 6.45) is -0.0752. The smallest absolute Gasteiger partial charge is 0.306 e. The van der Waals surface area contributed by atoms with E-state index in [1.807, 2.05) is 6.92 Å². The minimum atomic E-state index is -0.814. The Bertz CT molecular complexity index is 203. The SMILES string of the molecule is CC[C@H]1O[C@H](O)[C@H]2CC(=O)O[C@H]21. The molecular weight excluding hydrogens is 160 g/mol. The lowest BCUT2D eigenvalue weighted by Gasteiger charge is -2.13. The summed E-state index contributed by atoms with van der Waals surface area (Å²) in [5.74, 6) is -0.353. The number of rotatable bonds is 1. The Morgan fingerprint density at radius 1 is 1.67 bits per heavy atom. The number of carbonyl (C=O) groups is 1. The van der Waals surface area contributed by atoms with Gasteiger partial charge in [0.15, 0.2) is 6.29 Å². The van der Waals surface area contributed by atoms with E-state index in [1.54, 1.807) is 0 Å². The monoisotopic (exact) mass is 172 g/mol. The predicted molar refractivity (Wildman–Crippen MR) is 39.2 cm³/mol. The highest BCUT2D eigenvalue weighted by atomic mass is 16.7. The van der Waals surface area contributed by atoms with Gasteiger partial charge in [0.1, 0.15) is 6.10 Å². The van der Waals surface area contributed by atoms with E-state index < -0.39 is 6.29 Å². The van der Waals surface area contributed by atoms with Gasteiger partial charge in [0.2, 0.25) is 0 Å². The first-order chi connectivity index (χ1) is 5.72. The Kier molecular flexibility index (Phi) is 1.81. The lowest BCUT2D eigenvalue weighted by atomic mass is 9.99. The van der Waals surface area contributed by atoms with Crippen LogP contribution in [0.15, 0.2) is 0 Å². The molecule has 12 heavy (non-hydrogen) atoms.